The molecule has 34 heavy (non-hydrogen) atoms. The molecule has 1 saturated heterocycles. The summed E-state index contributed by atoms with van der Waals surface area (Å²) in [5.41, 5.74) is 3.99. The summed E-state index contributed by atoms with van der Waals surface area (Å²) in [6.45, 7) is 4.67. The molecule has 1 unspecified atom stereocenters. The Bertz CT molecular complexity index is 1060. The molecule has 4 rings (SSSR count). The molecule has 2 aromatic rings. The van der Waals surface area contributed by atoms with E-state index in [-0.39, 0.29) is 30.6 Å². The van der Waals surface area contributed by atoms with Crippen LogP contribution in [0.15, 0.2) is 66.2 Å². The number of carbonyl (C=O) groups excluding carboxylic acids is 3. The average Bonchev–Trinajstić information content (AvgIpc) is 3.14. The predicted octanol–water partition coefficient (Wildman–Crippen LogP) is 5.40. The number of imide groups is 1. The van der Waals surface area contributed by atoms with E-state index >= 15 is 0 Å². The minimum absolute atomic E-state index is 0.0321. The number of amides is 3. The van der Waals surface area contributed by atoms with Crippen molar-refractivity contribution in [2.75, 3.05) is 11.4 Å². The first-order chi connectivity index (χ1) is 16.4. The fraction of sp³-hybridized carbons (Fsp3) is 0.414. The fourth-order valence-corrected chi connectivity index (χ4v) is 4.86. The minimum atomic E-state index is -0.752. The lowest BCUT2D eigenvalue weighted by Gasteiger charge is -2.29. The van der Waals surface area contributed by atoms with Gasteiger partial charge in [-0.15, -0.1) is 0 Å². The van der Waals surface area contributed by atoms with E-state index in [0.29, 0.717) is 18.2 Å². The van der Waals surface area contributed by atoms with Crippen LogP contribution in [0, 0.1) is 0 Å². The van der Waals surface area contributed by atoms with Crippen LogP contribution in [0.1, 0.15) is 69.4 Å². The van der Waals surface area contributed by atoms with Gasteiger partial charge in [0.05, 0.1) is 18.5 Å². The summed E-state index contributed by atoms with van der Waals surface area (Å²) in [6.07, 6.45) is 7.78. The maximum Gasteiger partial charge on any atom is 0.257 e. The quantitative estimate of drug-likeness (QED) is 0.393. The molecule has 0 bridgehead atoms. The molecular weight excluding hydrogens is 424 g/mol. The molecule has 3 amide bonds. The highest BCUT2D eigenvalue weighted by Gasteiger charge is 2.44. The highest BCUT2D eigenvalue weighted by atomic mass is 16.2. The van der Waals surface area contributed by atoms with E-state index in [1.165, 1.54) is 23.3 Å². The summed E-state index contributed by atoms with van der Waals surface area (Å²) in [7, 11) is 0. The Labute approximate surface area is 202 Å². The average molecular weight is 459 g/mol. The van der Waals surface area contributed by atoms with Crippen molar-refractivity contribution in [3.05, 3.63) is 77.4 Å². The van der Waals surface area contributed by atoms with Gasteiger partial charge in [-0.05, 0) is 61.3 Å². The molecule has 2 aliphatic rings. The van der Waals surface area contributed by atoms with Crippen LogP contribution < -0.4 is 4.90 Å². The number of rotatable bonds is 8. The van der Waals surface area contributed by atoms with Gasteiger partial charge in [0, 0.05) is 6.54 Å². The monoisotopic (exact) mass is 458 g/mol. The maximum atomic E-state index is 13.5. The van der Waals surface area contributed by atoms with Crippen LogP contribution in [-0.4, -0.2) is 35.2 Å². The van der Waals surface area contributed by atoms with Crippen LogP contribution >= 0.6 is 0 Å². The van der Waals surface area contributed by atoms with Crippen molar-refractivity contribution >= 4 is 23.4 Å². The van der Waals surface area contributed by atoms with Crippen molar-refractivity contribution in [2.45, 2.75) is 70.8 Å². The smallest absolute Gasteiger partial charge is 0.257 e. The molecule has 0 radical (unpaired) electrons. The van der Waals surface area contributed by atoms with Crippen LogP contribution in [0.4, 0.5) is 5.69 Å². The summed E-state index contributed by atoms with van der Waals surface area (Å²) >= 11 is 0. The van der Waals surface area contributed by atoms with Gasteiger partial charge >= 0.3 is 0 Å². The summed E-state index contributed by atoms with van der Waals surface area (Å²) in [5.74, 6) is -0.291. The first-order valence-electron chi connectivity index (χ1n) is 12.4. The highest BCUT2D eigenvalue weighted by molar-refractivity contribution is 6.23. The summed E-state index contributed by atoms with van der Waals surface area (Å²) < 4.78 is 0. The number of nitrogens with zero attached hydrogens (tertiary/aromatic N) is 2. The van der Waals surface area contributed by atoms with Crippen LogP contribution in [0.25, 0.3) is 0 Å². The normalized spacial score (nSPS) is 18.4. The first kappa shape index (κ1) is 23.9. The van der Waals surface area contributed by atoms with E-state index in [9.17, 15) is 14.4 Å². The third-order valence-corrected chi connectivity index (χ3v) is 6.89. The van der Waals surface area contributed by atoms with Gasteiger partial charge in [0.25, 0.3) is 5.91 Å². The Morgan fingerprint density at radius 2 is 1.76 bits per heavy atom. The lowest BCUT2D eigenvalue weighted by Crippen LogP contribution is -2.46. The molecule has 0 aromatic heterocycles. The molecule has 2 aromatic carbocycles. The van der Waals surface area contributed by atoms with Crippen LogP contribution in [0.3, 0.4) is 0 Å². The Hall–Kier alpha value is -3.21. The van der Waals surface area contributed by atoms with E-state index in [2.05, 4.69) is 19.9 Å². The Morgan fingerprint density at radius 1 is 1.03 bits per heavy atom. The van der Waals surface area contributed by atoms with Crippen molar-refractivity contribution in [1.82, 2.24) is 4.90 Å². The van der Waals surface area contributed by atoms with Gasteiger partial charge in [-0.3, -0.25) is 14.4 Å². The number of benzene rings is 2. The van der Waals surface area contributed by atoms with E-state index in [4.69, 9.17) is 0 Å². The van der Waals surface area contributed by atoms with E-state index in [0.717, 1.165) is 30.4 Å². The number of allylic oxidation sites excluding steroid dienone is 1. The van der Waals surface area contributed by atoms with E-state index in [1.54, 1.807) is 4.90 Å². The van der Waals surface area contributed by atoms with Crippen molar-refractivity contribution in [2.24, 2.45) is 0 Å². The molecule has 1 aliphatic heterocycles. The summed E-state index contributed by atoms with van der Waals surface area (Å²) in [6, 6.07) is 16.4. The van der Waals surface area contributed by atoms with Crippen LogP contribution in [0.2, 0.25) is 0 Å². The third-order valence-electron chi connectivity index (χ3n) is 6.89. The van der Waals surface area contributed by atoms with Crippen molar-refractivity contribution in [3.63, 3.8) is 0 Å². The topological polar surface area (TPSA) is 57.7 Å². The van der Waals surface area contributed by atoms with Crippen LogP contribution in [0.5, 0.6) is 0 Å². The Kier molecular flexibility index (Phi) is 7.61. The van der Waals surface area contributed by atoms with Gasteiger partial charge in [-0.25, -0.2) is 4.90 Å². The molecule has 1 atom stereocenters. The van der Waals surface area contributed by atoms with Gasteiger partial charge in [-0.1, -0.05) is 68.0 Å². The number of anilines is 1. The van der Waals surface area contributed by atoms with E-state index < -0.39 is 6.04 Å². The van der Waals surface area contributed by atoms with Gasteiger partial charge in [0.1, 0.15) is 6.04 Å². The third kappa shape index (κ3) is 5.46. The van der Waals surface area contributed by atoms with Crippen molar-refractivity contribution in [3.8, 4) is 0 Å². The van der Waals surface area contributed by atoms with Gasteiger partial charge in [-0.2, -0.15) is 0 Å². The molecule has 1 heterocycles. The lowest BCUT2D eigenvalue weighted by atomic mass is 9.96. The molecular formula is C29H34N2O3. The second-order valence-electron chi connectivity index (χ2n) is 9.64. The summed E-state index contributed by atoms with van der Waals surface area (Å²) in [4.78, 5) is 42.8. The molecule has 0 spiro atoms. The van der Waals surface area contributed by atoms with E-state index in [1.807, 2.05) is 54.6 Å². The Morgan fingerprint density at radius 3 is 2.41 bits per heavy atom. The second kappa shape index (κ2) is 10.8. The molecule has 1 aliphatic carbocycles. The second-order valence-corrected chi connectivity index (χ2v) is 9.64. The number of hydrogen-bond acceptors (Lipinski definition) is 3. The standard InChI is InChI=1S/C29H34N2O3/c1-21(2)24-13-15-25(16-14-24)31-28(33)20-26(29(31)34)30(18-17-22-9-5-3-6-10-22)27(32)19-23-11-7-4-8-12-23/h4,7-9,11-16,21,26H,3,5-6,10,17-20H2,1-2H3. The zero-order valence-electron chi connectivity index (χ0n) is 20.2. The summed E-state index contributed by atoms with van der Waals surface area (Å²) in [5, 5.41) is 0. The highest BCUT2D eigenvalue weighted by Crippen LogP contribution is 2.29. The van der Waals surface area contributed by atoms with Crippen molar-refractivity contribution in [1.29, 1.82) is 0 Å². The molecule has 0 N–H and O–H groups in total. The van der Waals surface area contributed by atoms with Gasteiger partial charge < -0.3 is 4.90 Å². The SMILES string of the molecule is CC(C)c1ccc(N2C(=O)CC(N(CCC3=CCCCC3)C(=O)Cc3ccccc3)C2=O)cc1. The zero-order valence-corrected chi connectivity index (χ0v) is 20.2. The number of hydrogen-bond donors (Lipinski definition) is 0. The molecule has 5 heteroatoms. The minimum Gasteiger partial charge on any atom is -0.329 e. The molecule has 178 valence electrons. The van der Waals surface area contributed by atoms with Gasteiger partial charge in [0.2, 0.25) is 11.8 Å². The zero-order chi connectivity index (χ0) is 24.1. The number of carbonyl (C=O) groups is 3. The lowest BCUT2D eigenvalue weighted by molar-refractivity contribution is -0.137. The molecule has 0 saturated carbocycles. The van der Waals surface area contributed by atoms with Crippen molar-refractivity contribution < 1.29 is 14.4 Å². The predicted molar refractivity (Wildman–Crippen MR) is 134 cm³/mol. The largest absolute Gasteiger partial charge is 0.329 e. The first-order valence-corrected chi connectivity index (χ1v) is 12.4. The molecule has 5 nitrogen and oxygen atoms in total. The van der Waals surface area contributed by atoms with Gasteiger partial charge in [0.15, 0.2) is 0 Å². The van der Waals surface area contributed by atoms with Crippen LogP contribution in [-0.2, 0) is 20.8 Å². The molecule has 1 fully saturated rings. The fourth-order valence-electron chi connectivity index (χ4n) is 4.86. The Balaban J connectivity index is 1.55. The maximum absolute atomic E-state index is 13.5.